The number of hydrogen-bond donors (Lipinski definition) is 1. The van der Waals surface area contributed by atoms with Crippen LogP contribution < -0.4 is 4.74 Å². The summed E-state index contributed by atoms with van der Waals surface area (Å²) in [5.41, 5.74) is 3.75. The number of aryl methyl sites for hydroxylation is 1. The highest BCUT2D eigenvalue weighted by molar-refractivity contribution is 5.36. The molecular formula is C19H22O2. The lowest BCUT2D eigenvalue weighted by molar-refractivity contribution is 0.189. The van der Waals surface area contributed by atoms with E-state index in [9.17, 15) is 5.11 Å². The standard InChI is InChI=1S/C19H22O2/c1-14(20)17-10-4-5-12-19(17)21-13-16-9-6-8-15-7-2-3-11-18(15)16/h2-5,7,10-12,14,16,20H,6,8-9,13H2,1H3/t14-,16?/m0/s1. The van der Waals surface area contributed by atoms with Crippen molar-refractivity contribution in [2.75, 3.05) is 6.61 Å². The Labute approximate surface area is 126 Å². The molecule has 0 radical (unpaired) electrons. The quantitative estimate of drug-likeness (QED) is 0.909. The molecule has 1 aliphatic rings. The van der Waals surface area contributed by atoms with Crippen molar-refractivity contribution in [1.29, 1.82) is 0 Å². The van der Waals surface area contributed by atoms with Crippen molar-refractivity contribution < 1.29 is 9.84 Å². The Bertz CT molecular complexity index is 604. The van der Waals surface area contributed by atoms with Gasteiger partial charge in [-0.05, 0) is 43.4 Å². The van der Waals surface area contributed by atoms with E-state index in [0.717, 1.165) is 11.3 Å². The molecule has 1 N–H and O–H groups in total. The van der Waals surface area contributed by atoms with Crippen molar-refractivity contribution in [3.05, 3.63) is 65.2 Å². The fourth-order valence-corrected chi connectivity index (χ4v) is 3.18. The molecule has 0 saturated heterocycles. The molecule has 0 aromatic heterocycles. The van der Waals surface area contributed by atoms with Gasteiger partial charge in [-0.3, -0.25) is 0 Å². The number of para-hydroxylation sites is 1. The molecule has 2 aromatic carbocycles. The van der Waals surface area contributed by atoms with Gasteiger partial charge in [0.15, 0.2) is 0 Å². The summed E-state index contributed by atoms with van der Waals surface area (Å²) >= 11 is 0. The first kappa shape index (κ1) is 14.2. The van der Waals surface area contributed by atoms with Gasteiger partial charge in [0, 0.05) is 11.5 Å². The Hall–Kier alpha value is -1.80. The fraction of sp³-hybridized carbons (Fsp3) is 0.368. The highest BCUT2D eigenvalue weighted by Gasteiger charge is 2.20. The zero-order valence-corrected chi connectivity index (χ0v) is 12.5. The van der Waals surface area contributed by atoms with Gasteiger partial charge in [0.2, 0.25) is 0 Å². The smallest absolute Gasteiger partial charge is 0.125 e. The van der Waals surface area contributed by atoms with E-state index in [1.54, 1.807) is 6.92 Å². The van der Waals surface area contributed by atoms with Crippen LogP contribution in [-0.4, -0.2) is 11.7 Å². The van der Waals surface area contributed by atoms with Crippen LogP contribution in [0, 0.1) is 0 Å². The molecule has 0 bridgehead atoms. The van der Waals surface area contributed by atoms with Gasteiger partial charge in [0.1, 0.15) is 5.75 Å². The van der Waals surface area contributed by atoms with E-state index in [0.29, 0.717) is 12.5 Å². The van der Waals surface area contributed by atoms with Crippen molar-refractivity contribution in [3.8, 4) is 5.75 Å². The van der Waals surface area contributed by atoms with E-state index in [2.05, 4.69) is 24.3 Å². The van der Waals surface area contributed by atoms with Gasteiger partial charge in [-0.25, -0.2) is 0 Å². The van der Waals surface area contributed by atoms with E-state index in [4.69, 9.17) is 4.74 Å². The minimum absolute atomic E-state index is 0.456. The number of ether oxygens (including phenoxy) is 1. The van der Waals surface area contributed by atoms with E-state index in [1.807, 2.05) is 24.3 Å². The van der Waals surface area contributed by atoms with Gasteiger partial charge in [0.25, 0.3) is 0 Å². The second-order valence-corrected chi connectivity index (χ2v) is 5.81. The van der Waals surface area contributed by atoms with Crippen LogP contribution >= 0.6 is 0 Å². The molecule has 0 spiro atoms. The second kappa shape index (κ2) is 6.31. The molecular weight excluding hydrogens is 260 g/mol. The average molecular weight is 282 g/mol. The monoisotopic (exact) mass is 282 g/mol. The van der Waals surface area contributed by atoms with Crippen molar-refractivity contribution in [1.82, 2.24) is 0 Å². The van der Waals surface area contributed by atoms with Gasteiger partial charge >= 0.3 is 0 Å². The largest absolute Gasteiger partial charge is 0.493 e. The molecule has 2 heteroatoms. The summed E-state index contributed by atoms with van der Waals surface area (Å²) in [5.74, 6) is 1.26. The number of rotatable bonds is 4. The lowest BCUT2D eigenvalue weighted by Crippen LogP contribution is -2.17. The molecule has 0 heterocycles. The molecule has 2 atom stereocenters. The maximum absolute atomic E-state index is 9.82. The molecule has 1 aliphatic carbocycles. The van der Waals surface area contributed by atoms with E-state index in [-0.39, 0.29) is 0 Å². The molecule has 0 aliphatic heterocycles. The number of hydrogen-bond acceptors (Lipinski definition) is 2. The lowest BCUT2D eigenvalue weighted by atomic mass is 9.83. The van der Waals surface area contributed by atoms with Crippen LogP contribution in [-0.2, 0) is 6.42 Å². The molecule has 0 fully saturated rings. The number of aliphatic hydroxyl groups is 1. The molecule has 2 nitrogen and oxygen atoms in total. The molecule has 3 rings (SSSR count). The maximum atomic E-state index is 9.82. The Morgan fingerprint density at radius 2 is 1.90 bits per heavy atom. The third kappa shape index (κ3) is 3.11. The zero-order valence-electron chi connectivity index (χ0n) is 12.5. The molecule has 21 heavy (non-hydrogen) atoms. The lowest BCUT2D eigenvalue weighted by Gasteiger charge is -2.26. The minimum Gasteiger partial charge on any atom is -0.493 e. The number of benzene rings is 2. The zero-order chi connectivity index (χ0) is 14.7. The first-order chi connectivity index (χ1) is 10.3. The number of aliphatic hydroxyl groups excluding tert-OH is 1. The van der Waals surface area contributed by atoms with Crippen LogP contribution in [0.15, 0.2) is 48.5 Å². The predicted octanol–water partition coefficient (Wildman–Crippen LogP) is 4.24. The summed E-state index contributed by atoms with van der Waals surface area (Å²) in [6, 6.07) is 16.4. The van der Waals surface area contributed by atoms with Gasteiger partial charge in [0.05, 0.1) is 12.7 Å². The Kier molecular flexibility index (Phi) is 4.26. The summed E-state index contributed by atoms with van der Waals surface area (Å²) in [7, 11) is 0. The van der Waals surface area contributed by atoms with E-state index >= 15 is 0 Å². The van der Waals surface area contributed by atoms with Crippen molar-refractivity contribution in [2.45, 2.75) is 38.2 Å². The second-order valence-electron chi connectivity index (χ2n) is 5.81. The van der Waals surface area contributed by atoms with Crippen LogP contribution in [0.2, 0.25) is 0 Å². The highest BCUT2D eigenvalue weighted by atomic mass is 16.5. The highest BCUT2D eigenvalue weighted by Crippen LogP contribution is 2.33. The first-order valence-corrected chi connectivity index (χ1v) is 7.73. The van der Waals surface area contributed by atoms with Crippen LogP contribution in [0.25, 0.3) is 0 Å². The minimum atomic E-state index is -0.500. The average Bonchev–Trinajstić information content (AvgIpc) is 2.53. The fourth-order valence-electron chi connectivity index (χ4n) is 3.18. The molecule has 110 valence electrons. The summed E-state index contributed by atoms with van der Waals surface area (Å²) < 4.78 is 6.03. The summed E-state index contributed by atoms with van der Waals surface area (Å²) in [4.78, 5) is 0. The summed E-state index contributed by atoms with van der Waals surface area (Å²) in [5, 5.41) is 9.82. The van der Waals surface area contributed by atoms with Crippen LogP contribution in [0.3, 0.4) is 0 Å². The maximum Gasteiger partial charge on any atom is 0.125 e. The third-order valence-electron chi connectivity index (χ3n) is 4.30. The van der Waals surface area contributed by atoms with Crippen molar-refractivity contribution in [2.24, 2.45) is 0 Å². The van der Waals surface area contributed by atoms with Crippen molar-refractivity contribution >= 4 is 0 Å². The topological polar surface area (TPSA) is 29.5 Å². The Morgan fingerprint density at radius 3 is 2.76 bits per heavy atom. The van der Waals surface area contributed by atoms with Crippen LogP contribution in [0.4, 0.5) is 0 Å². The van der Waals surface area contributed by atoms with E-state index in [1.165, 1.54) is 30.4 Å². The van der Waals surface area contributed by atoms with Gasteiger partial charge in [-0.2, -0.15) is 0 Å². The van der Waals surface area contributed by atoms with Crippen LogP contribution in [0.1, 0.15) is 48.5 Å². The van der Waals surface area contributed by atoms with Gasteiger partial charge in [-0.1, -0.05) is 42.5 Å². The molecule has 1 unspecified atom stereocenters. The molecule has 2 aromatic rings. The third-order valence-corrected chi connectivity index (χ3v) is 4.30. The predicted molar refractivity (Wildman–Crippen MR) is 84.7 cm³/mol. The van der Waals surface area contributed by atoms with Gasteiger partial charge < -0.3 is 9.84 Å². The van der Waals surface area contributed by atoms with Gasteiger partial charge in [-0.15, -0.1) is 0 Å². The SMILES string of the molecule is C[C@H](O)c1ccccc1OCC1CCCc2ccccc21. The molecule has 0 saturated carbocycles. The number of fused-ring (bicyclic) bond motifs is 1. The Balaban J connectivity index is 1.75. The normalized spacial score (nSPS) is 18.9. The van der Waals surface area contributed by atoms with Crippen molar-refractivity contribution in [3.63, 3.8) is 0 Å². The first-order valence-electron chi connectivity index (χ1n) is 7.73. The van der Waals surface area contributed by atoms with E-state index < -0.39 is 6.10 Å². The summed E-state index contributed by atoms with van der Waals surface area (Å²) in [6.45, 7) is 2.46. The molecule has 0 amide bonds. The van der Waals surface area contributed by atoms with Crippen LogP contribution in [0.5, 0.6) is 5.75 Å². The summed E-state index contributed by atoms with van der Waals surface area (Å²) in [6.07, 6.45) is 3.08. The Morgan fingerprint density at radius 1 is 1.14 bits per heavy atom.